The molecule has 0 bridgehead atoms. The summed E-state index contributed by atoms with van der Waals surface area (Å²) in [6.45, 7) is 11.5. The molecule has 0 aromatic carbocycles. The Morgan fingerprint density at radius 2 is 2.00 bits per heavy atom. The maximum atomic E-state index is 3.73. The van der Waals surface area contributed by atoms with Crippen LogP contribution in [0.4, 0.5) is 0 Å². The molecule has 2 heteroatoms. The topological polar surface area (TPSA) is 12.0 Å². The fraction of sp³-hybridized carbons (Fsp3) is 1.00. The quantitative estimate of drug-likeness (QED) is 0.737. The van der Waals surface area contributed by atoms with Crippen LogP contribution in [0.3, 0.4) is 0 Å². The standard InChI is InChI=1S/C11H23NS/c1-8-6-10(7-13-8)12-9(2)11(3,4)5/h8-10,12H,6-7H2,1-5H3. The van der Waals surface area contributed by atoms with Crippen LogP contribution in [0.1, 0.15) is 41.0 Å². The summed E-state index contributed by atoms with van der Waals surface area (Å²) in [5.41, 5.74) is 0.385. The lowest BCUT2D eigenvalue weighted by Crippen LogP contribution is -2.44. The van der Waals surface area contributed by atoms with Gasteiger partial charge in [0.1, 0.15) is 0 Å². The van der Waals surface area contributed by atoms with Gasteiger partial charge in [-0.05, 0) is 18.8 Å². The van der Waals surface area contributed by atoms with Crippen LogP contribution in [-0.4, -0.2) is 23.1 Å². The zero-order chi connectivity index (χ0) is 10.1. The summed E-state index contributed by atoms with van der Waals surface area (Å²) in [5.74, 6) is 1.29. The van der Waals surface area contributed by atoms with E-state index in [1.54, 1.807) is 0 Å². The fourth-order valence-corrected chi connectivity index (χ4v) is 2.70. The van der Waals surface area contributed by atoms with Crippen molar-refractivity contribution < 1.29 is 0 Å². The van der Waals surface area contributed by atoms with Crippen molar-refractivity contribution in [1.82, 2.24) is 5.32 Å². The second kappa shape index (κ2) is 4.22. The van der Waals surface area contributed by atoms with Gasteiger partial charge >= 0.3 is 0 Å². The van der Waals surface area contributed by atoms with Crippen molar-refractivity contribution in [2.24, 2.45) is 5.41 Å². The molecule has 0 radical (unpaired) electrons. The van der Waals surface area contributed by atoms with Crippen molar-refractivity contribution >= 4 is 11.8 Å². The Kier molecular flexibility index (Phi) is 3.70. The van der Waals surface area contributed by atoms with Gasteiger partial charge in [0.15, 0.2) is 0 Å². The van der Waals surface area contributed by atoms with E-state index in [4.69, 9.17) is 0 Å². The first kappa shape index (κ1) is 11.4. The minimum atomic E-state index is 0.385. The van der Waals surface area contributed by atoms with Gasteiger partial charge in [-0.1, -0.05) is 27.7 Å². The first-order valence-electron chi connectivity index (χ1n) is 5.27. The van der Waals surface area contributed by atoms with E-state index < -0.39 is 0 Å². The van der Waals surface area contributed by atoms with Crippen LogP contribution in [0.25, 0.3) is 0 Å². The van der Waals surface area contributed by atoms with E-state index in [1.807, 2.05) is 0 Å². The second-order valence-corrected chi connectivity index (χ2v) is 6.80. The molecule has 0 amide bonds. The third kappa shape index (κ3) is 3.51. The molecule has 1 fully saturated rings. The number of nitrogens with one attached hydrogen (secondary N) is 1. The minimum Gasteiger partial charge on any atom is -0.310 e. The van der Waals surface area contributed by atoms with Gasteiger partial charge in [0, 0.05) is 23.1 Å². The fourth-order valence-electron chi connectivity index (χ4n) is 1.54. The molecule has 3 atom stereocenters. The molecule has 1 N–H and O–H groups in total. The Labute approximate surface area is 87.1 Å². The third-order valence-corrected chi connectivity index (χ3v) is 4.34. The van der Waals surface area contributed by atoms with Crippen molar-refractivity contribution in [3.8, 4) is 0 Å². The van der Waals surface area contributed by atoms with Crippen molar-refractivity contribution in [3.05, 3.63) is 0 Å². The van der Waals surface area contributed by atoms with Crippen LogP contribution in [0.2, 0.25) is 0 Å². The summed E-state index contributed by atoms with van der Waals surface area (Å²) >= 11 is 2.10. The highest BCUT2D eigenvalue weighted by atomic mass is 32.2. The summed E-state index contributed by atoms with van der Waals surface area (Å²) in [6.07, 6.45) is 1.34. The van der Waals surface area contributed by atoms with E-state index in [0.29, 0.717) is 11.5 Å². The predicted molar refractivity (Wildman–Crippen MR) is 62.4 cm³/mol. The van der Waals surface area contributed by atoms with Crippen LogP contribution in [-0.2, 0) is 0 Å². The Morgan fingerprint density at radius 3 is 2.38 bits per heavy atom. The highest BCUT2D eigenvalue weighted by Gasteiger charge is 2.27. The van der Waals surface area contributed by atoms with E-state index in [-0.39, 0.29) is 0 Å². The number of rotatable bonds is 2. The summed E-state index contributed by atoms with van der Waals surface area (Å²) in [7, 11) is 0. The molecule has 1 nitrogen and oxygen atoms in total. The first-order chi connectivity index (χ1) is 5.89. The molecule has 1 aliphatic rings. The summed E-state index contributed by atoms with van der Waals surface area (Å²) < 4.78 is 0. The Bertz CT molecular complexity index is 162. The number of hydrogen-bond donors (Lipinski definition) is 1. The molecular formula is C11H23NS. The van der Waals surface area contributed by atoms with Crippen LogP contribution in [0.5, 0.6) is 0 Å². The summed E-state index contributed by atoms with van der Waals surface area (Å²) in [5, 5.41) is 4.58. The highest BCUT2D eigenvalue weighted by molar-refractivity contribution is 8.00. The Hall–Kier alpha value is 0.310. The van der Waals surface area contributed by atoms with E-state index in [2.05, 4.69) is 51.7 Å². The molecular weight excluding hydrogens is 178 g/mol. The molecule has 1 heterocycles. The molecule has 13 heavy (non-hydrogen) atoms. The van der Waals surface area contributed by atoms with E-state index in [1.165, 1.54) is 12.2 Å². The van der Waals surface area contributed by atoms with Crippen LogP contribution >= 0.6 is 11.8 Å². The molecule has 0 spiro atoms. The average molecular weight is 201 g/mol. The van der Waals surface area contributed by atoms with Crippen LogP contribution in [0, 0.1) is 5.41 Å². The van der Waals surface area contributed by atoms with Gasteiger partial charge < -0.3 is 5.32 Å². The van der Waals surface area contributed by atoms with Gasteiger partial charge in [-0.2, -0.15) is 11.8 Å². The monoisotopic (exact) mass is 201 g/mol. The summed E-state index contributed by atoms with van der Waals surface area (Å²) in [4.78, 5) is 0. The highest BCUT2D eigenvalue weighted by Crippen LogP contribution is 2.28. The van der Waals surface area contributed by atoms with Crippen LogP contribution in [0.15, 0.2) is 0 Å². The van der Waals surface area contributed by atoms with Gasteiger partial charge in [-0.15, -0.1) is 0 Å². The van der Waals surface area contributed by atoms with Crippen molar-refractivity contribution in [3.63, 3.8) is 0 Å². The molecule has 1 rings (SSSR count). The summed E-state index contributed by atoms with van der Waals surface area (Å²) in [6, 6.07) is 1.36. The third-order valence-electron chi connectivity index (χ3n) is 2.98. The smallest absolute Gasteiger partial charge is 0.0171 e. The maximum absolute atomic E-state index is 3.73. The average Bonchev–Trinajstić information content (AvgIpc) is 2.33. The molecule has 0 aromatic heterocycles. The van der Waals surface area contributed by atoms with Crippen molar-refractivity contribution in [2.75, 3.05) is 5.75 Å². The molecule has 1 saturated heterocycles. The lowest BCUT2D eigenvalue weighted by molar-refractivity contribution is 0.267. The largest absolute Gasteiger partial charge is 0.310 e. The van der Waals surface area contributed by atoms with Crippen molar-refractivity contribution in [1.29, 1.82) is 0 Å². The molecule has 0 saturated carbocycles. The maximum Gasteiger partial charge on any atom is 0.0171 e. The number of hydrogen-bond acceptors (Lipinski definition) is 2. The molecule has 0 aliphatic carbocycles. The van der Waals surface area contributed by atoms with E-state index in [9.17, 15) is 0 Å². The zero-order valence-electron chi connectivity index (χ0n) is 9.55. The van der Waals surface area contributed by atoms with E-state index >= 15 is 0 Å². The van der Waals surface area contributed by atoms with Gasteiger partial charge in [-0.3, -0.25) is 0 Å². The molecule has 3 unspecified atom stereocenters. The lowest BCUT2D eigenvalue weighted by atomic mass is 9.87. The Balaban J connectivity index is 2.33. The van der Waals surface area contributed by atoms with Gasteiger partial charge in [-0.25, -0.2) is 0 Å². The molecule has 1 aliphatic heterocycles. The van der Waals surface area contributed by atoms with Crippen molar-refractivity contribution in [2.45, 2.75) is 58.4 Å². The van der Waals surface area contributed by atoms with Gasteiger partial charge in [0.25, 0.3) is 0 Å². The van der Waals surface area contributed by atoms with Gasteiger partial charge in [0.2, 0.25) is 0 Å². The lowest BCUT2D eigenvalue weighted by Gasteiger charge is -2.30. The van der Waals surface area contributed by atoms with Crippen LogP contribution < -0.4 is 5.32 Å². The van der Waals surface area contributed by atoms with E-state index in [0.717, 1.165) is 11.3 Å². The molecule has 78 valence electrons. The Morgan fingerprint density at radius 1 is 1.38 bits per heavy atom. The normalized spacial score (nSPS) is 32.1. The SMILES string of the molecule is CC1CC(NC(C)C(C)(C)C)CS1. The van der Waals surface area contributed by atoms with Gasteiger partial charge in [0.05, 0.1) is 0 Å². The first-order valence-corrected chi connectivity index (χ1v) is 6.32. The molecule has 0 aromatic rings. The predicted octanol–water partition coefficient (Wildman–Crippen LogP) is 2.90. The number of thioether (sulfide) groups is 1. The second-order valence-electron chi connectivity index (χ2n) is 5.33. The zero-order valence-corrected chi connectivity index (χ0v) is 10.4. The minimum absolute atomic E-state index is 0.385.